The normalized spacial score (nSPS) is 11.1. The van der Waals surface area contributed by atoms with Gasteiger partial charge in [0.05, 0.1) is 13.2 Å². The van der Waals surface area contributed by atoms with Crippen molar-refractivity contribution in [2.75, 3.05) is 26.4 Å². The van der Waals surface area contributed by atoms with Crippen molar-refractivity contribution < 1.29 is 19.7 Å². The summed E-state index contributed by atoms with van der Waals surface area (Å²) in [6.07, 6.45) is 13.1. The quantitative estimate of drug-likeness (QED) is 0.259. The first-order valence-corrected chi connectivity index (χ1v) is 12.5. The van der Waals surface area contributed by atoms with Gasteiger partial charge in [0.25, 0.3) is 0 Å². The molecule has 0 spiro atoms. The van der Waals surface area contributed by atoms with Gasteiger partial charge >= 0.3 is 0 Å². The van der Waals surface area contributed by atoms with E-state index in [2.05, 4.69) is 31.2 Å². The van der Waals surface area contributed by atoms with Gasteiger partial charge in [-0.05, 0) is 41.8 Å². The minimum Gasteiger partial charge on any atom is -0.491 e. The lowest BCUT2D eigenvalue weighted by atomic mass is 9.86. The Morgan fingerprint density at radius 1 is 0.594 bits per heavy atom. The van der Waals surface area contributed by atoms with E-state index < -0.39 is 0 Å². The summed E-state index contributed by atoms with van der Waals surface area (Å²) in [6, 6.07) is 16.5. The van der Waals surface area contributed by atoms with Gasteiger partial charge in [-0.3, -0.25) is 0 Å². The predicted octanol–water partition coefficient (Wildman–Crippen LogP) is 6.48. The van der Waals surface area contributed by atoms with Gasteiger partial charge in [-0.1, -0.05) is 89.0 Å². The number of hydrogen-bond acceptors (Lipinski definition) is 4. The van der Waals surface area contributed by atoms with Crippen LogP contribution in [-0.4, -0.2) is 36.6 Å². The third-order valence-electron chi connectivity index (χ3n) is 5.88. The van der Waals surface area contributed by atoms with Crippen LogP contribution in [0.15, 0.2) is 48.5 Å². The van der Waals surface area contributed by atoms with Gasteiger partial charge in [0, 0.05) is 5.92 Å². The van der Waals surface area contributed by atoms with Crippen LogP contribution in [-0.2, 0) is 0 Å². The van der Waals surface area contributed by atoms with Crippen molar-refractivity contribution in [3.05, 3.63) is 59.7 Å². The zero-order valence-electron chi connectivity index (χ0n) is 19.8. The lowest BCUT2D eigenvalue weighted by Gasteiger charge is -2.19. The van der Waals surface area contributed by atoms with E-state index in [4.69, 9.17) is 19.7 Å². The van der Waals surface area contributed by atoms with Crippen LogP contribution in [0.4, 0.5) is 0 Å². The van der Waals surface area contributed by atoms with E-state index in [-0.39, 0.29) is 13.2 Å². The lowest BCUT2D eigenvalue weighted by molar-refractivity contribution is 0.201. The first kappa shape index (κ1) is 26.2. The fourth-order valence-corrected chi connectivity index (χ4v) is 4.10. The topological polar surface area (TPSA) is 58.9 Å². The maximum Gasteiger partial charge on any atom is 0.119 e. The van der Waals surface area contributed by atoms with Crippen LogP contribution >= 0.6 is 0 Å². The molecule has 2 N–H and O–H groups in total. The predicted molar refractivity (Wildman–Crippen MR) is 132 cm³/mol. The zero-order valence-corrected chi connectivity index (χ0v) is 19.8. The molecule has 0 unspecified atom stereocenters. The fraction of sp³-hybridized carbons (Fsp3) is 0.571. The molecule has 0 aliphatic carbocycles. The number of aliphatic hydroxyl groups is 2. The van der Waals surface area contributed by atoms with Gasteiger partial charge in [0.1, 0.15) is 24.7 Å². The highest BCUT2D eigenvalue weighted by atomic mass is 16.5. The van der Waals surface area contributed by atoms with Crippen LogP contribution in [0.25, 0.3) is 0 Å². The number of unbranched alkanes of at least 4 members (excludes halogenated alkanes) is 8. The number of hydrogen-bond donors (Lipinski definition) is 2. The Balaban J connectivity index is 1.94. The molecule has 0 aliphatic heterocycles. The van der Waals surface area contributed by atoms with E-state index in [1.165, 1.54) is 68.9 Å². The standard InChI is InChI=1S/C28H42O4/c1-2-3-4-5-6-7-8-9-10-11-28(24-12-16-26(17-13-24)31-22-20-29)25-14-18-27(19-15-25)32-23-21-30/h12-19,28-30H,2-11,20-23H2,1H3. The minimum atomic E-state index is 0.0215. The molecule has 2 aromatic carbocycles. The third-order valence-corrected chi connectivity index (χ3v) is 5.88. The van der Waals surface area contributed by atoms with Crippen LogP contribution in [0.1, 0.15) is 88.2 Å². The van der Waals surface area contributed by atoms with Gasteiger partial charge in [0.15, 0.2) is 0 Å². The highest BCUT2D eigenvalue weighted by molar-refractivity contribution is 5.38. The average Bonchev–Trinajstić information content (AvgIpc) is 2.83. The smallest absolute Gasteiger partial charge is 0.119 e. The maximum absolute atomic E-state index is 8.96. The van der Waals surface area contributed by atoms with Crippen molar-refractivity contribution in [1.29, 1.82) is 0 Å². The molecular formula is C28H42O4. The van der Waals surface area contributed by atoms with Crippen LogP contribution in [0, 0.1) is 0 Å². The van der Waals surface area contributed by atoms with Crippen molar-refractivity contribution in [3.63, 3.8) is 0 Å². The average molecular weight is 443 g/mol. The molecule has 0 bridgehead atoms. The zero-order chi connectivity index (χ0) is 22.9. The summed E-state index contributed by atoms with van der Waals surface area (Å²) >= 11 is 0. The molecule has 0 fully saturated rings. The summed E-state index contributed by atoms with van der Waals surface area (Å²) in [5, 5.41) is 17.9. The van der Waals surface area contributed by atoms with Crippen molar-refractivity contribution in [2.45, 2.75) is 77.0 Å². The molecule has 0 radical (unpaired) electrons. The minimum absolute atomic E-state index is 0.0215. The van der Waals surface area contributed by atoms with Gasteiger partial charge < -0.3 is 19.7 Å². The van der Waals surface area contributed by atoms with Gasteiger partial charge in [-0.2, -0.15) is 0 Å². The number of benzene rings is 2. The molecule has 178 valence electrons. The summed E-state index contributed by atoms with van der Waals surface area (Å²) in [6.45, 7) is 2.94. The molecule has 0 amide bonds. The molecule has 0 heterocycles. The second kappa shape index (κ2) is 16.6. The SMILES string of the molecule is CCCCCCCCCCCC(c1ccc(OCCO)cc1)c1ccc(OCCO)cc1. The van der Waals surface area contributed by atoms with Crippen LogP contribution in [0.2, 0.25) is 0 Å². The molecular weight excluding hydrogens is 400 g/mol. The molecule has 0 saturated heterocycles. The van der Waals surface area contributed by atoms with Gasteiger partial charge in [0.2, 0.25) is 0 Å². The summed E-state index contributed by atoms with van der Waals surface area (Å²) in [7, 11) is 0. The fourth-order valence-electron chi connectivity index (χ4n) is 4.10. The molecule has 4 heteroatoms. The van der Waals surface area contributed by atoms with Gasteiger partial charge in [-0.15, -0.1) is 0 Å². The number of ether oxygens (including phenoxy) is 2. The van der Waals surface area contributed by atoms with E-state index in [0.29, 0.717) is 19.1 Å². The first-order chi connectivity index (χ1) is 15.8. The van der Waals surface area contributed by atoms with Crippen molar-refractivity contribution >= 4 is 0 Å². The Labute approximate surface area is 194 Å². The first-order valence-electron chi connectivity index (χ1n) is 12.5. The highest BCUT2D eigenvalue weighted by Gasteiger charge is 2.14. The lowest BCUT2D eigenvalue weighted by Crippen LogP contribution is -2.04. The Morgan fingerprint density at radius 3 is 1.41 bits per heavy atom. The van der Waals surface area contributed by atoms with Crippen LogP contribution in [0.5, 0.6) is 11.5 Å². The summed E-state index contributed by atoms with van der Waals surface area (Å²) in [4.78, 5) is 0. The molecule has 32 heavy (non-hydrogen) atoms. The maximum atomic E-state index is 8.96. The summed E-state index contributed by atoms with van der Waals surface area (Å²) < 4.78 is 11.0. The van der Waals surface area contributed by atoms with Crippen LogP contribution in [0.3, 0.4) is 0 Å². The third kappa shape index (κ3) is 10.1. The van der Waals surface area contributed by atoms with Crippen molar-refractivity contribution in [3.8, 4) is 11.5 Å². The highest BCUT2D eigenvalue weighted by Crippen LogP contribution is 2.32. The van der Waals surface area contributed by atoms with E-state index in [1.807, 2.05) is 24.3 Å². The Hall–Kier alpha value is -2.04. The largest absolute Gasteiger partial charge is 0.491 e. The Morgan fingerprint density at radius 2 is 1.00 bits per heavy atom. The Bertz CT molecular complexity index is 645. The molecule has 4 nitrogen and oxygen atoms in total. The summed E-state index contributed by atoms with van der Waals surface area (Å²) in [5.41, 5.74) is 2.56. The van der Waals surface area contributed by atoms with Gasteiger partial charge in [-0.25, -0.2) is 0 Å². The van der Waals surface area contributed by atoms with E-state index in [0.717, 1.165) is 17.9 Å². The van der Waals surface area contributed by atoms with E-state index in [9.17, 15) is 0 Å². The van der Waals surface area contributed by atoms with Crippen molar-refractivity contribution in [2.24, 2.45) is 0 Å². The molecule has 0 saturated carbocycles. The molecule has 0 aromatic heterocycles. The number of rotatable bonds is 18. The van der Waals surface area contributed by atoms with E-state index >= 15 is 0 Å². The molecule has 2 rings (SSSR count). The second-order valence-corrected chi connectivity index (χ2v) is 8.45. The Kier molecular flexibility index (Phi) is 13.6. The molecule has 0 atom stereocenters. The molecule has 2 aromatic rings. The second-order valence-electron chi connectivity index (χ2n) is 8.45. The monoisotopic (exact) mass is 442 g/mol. The van der Waals surface area contributed by atoms with Crippen LogP contribution < -0.4 is 9.47 Å². The van der Waals surface area contributed by atoms with Crippen molar-refractivity contribution in [1.82, 2.24) is 0 Å². The molecule has 0 aliphatic rings. The summed E-state index contributed by atoms with van der Waals surface area (Å²) in [5.74, 6) is 1.91. The number of aliphatic hydroxyl groups excluding tert-OH is 2. The van der Waals surface area contributed by atoms with E-state index in [1.54, 1.807) is 0 Å².